The third kappa shape index (κ3) is 6.33. The molecule has 292 valence electrons. The Labute approximate surface area is 348 Å². The van der Waals surface area contributed by atoms with Crippen LogP contribution in [0, 0.1) is 45.2 Å². The number of fused-ring (bicyclic) bond motifs is 6. The van der Waals surface area contributed by atoms with Crippen molar-refractivity contribution in [2.45, 2.75) is 125 Å². The van der Waals surface area contributed by atoms with Crippen molar-refractivity contribution in [3.63, 3.8) is 0 Å². The van der Waals surface area contributed by atoms with Crippen LogP contribution in [-0.4, -0.2) is 21.0 Å². The summed E-state index contributed by atoms with van der Waals surface area (Å²) in [7, 11) is 0. The molecule has 6 heteroatoms. The molecular weight excluding hydrogens is 870 g/mol. The molecule has 4 aromatic carbocycles. The molecule has 0 unspecified atom stereocenters. The molecule has 2 aromatic heterocycles. The van der Waals surface area contributed by atoms with Gasteiger partial charge in [-0.25, -0.2) is 4.98 Å². The normalized spacial score (nSPS) is 19.4. The monoisotopic (exact) mass is 924 g/mol. The van der Waals surface area contributed by atoms with E-state index in [0.717, 1.165) is 50.9 Å². The molecule has 8 rings (SSSR count). The van der Waals surface area contributed by atoms with Gasteiger partial charge in [-0.05, 0) is 84.5 Å². The molecule has 56 heavy (non-hydrogen) atoms. The van der Waals surface area contributed by atoms with Crippen LogP contribution >= 0.6 is 0 Å². The second-order valence-electron chi connectivity index (χ2n) is 19.6. The van der Waals surface area contributed by atoms with E-state index in [0.29, 0.717) is 17.4 Å². The first-order valence-corrected chi connectivity index (χ1v) is 19.7. The Morgan fingerprint density at radius 3 is 2.09 bits per heavy atom. The molecule has 0 bridgehead atoms. The standard InChI is InChI=1S/C50H55N3O2.Pt/c1-29-17-37(53-43-16-15-35(46(5,6)7)25-40(43)41-19-30(2)28-51-44(41)53)26-38(18-29)54-39-23-33(22-36(24-39)47(8,9)10)45-52-49(14)27-34-20-31(3)32(4)21-42(34)50(49,55-45)48(11,12)13;/h15-22,24-25,28H,27H2,1-14H3;/q-2;+2/t49-,50-;/m1./s1. The van der Waals surface area contributed by atoms with Crippen molar-refractivity contribution in [1.29, 1.82) is 0 Å². The van der Waals surface area contributed by atoms with Gasteiger partial charge in [0, 0.05) is 45.9 Å². The topological polar surface area (TPSA) is 48.6 Å². The Morgan fingerprint density at radius 2 is 1.41 bits per heavy atom. The number of aliphatic imine (C=N–C) groups is 1. The molecule has 0 saturated carbocycles. The van der Waals surface area contributed by atoms with Gasteiger partial charge in [0.05, 0.1) is 11.1 Å². The van der Waals surface area contributed by atoms with E-state index in [1.165, 1.54) is 33.2 Å². The van der Waals surface area contributed by atoms with E-state index in [4.69, 9.17) is 19.5 Å². The van der Waals surface area contributed by atoms with E-state index >= 15 is 0 Å². The van der Waals surface area contributed by atoms with E-state index in [-0.39, 0.29) is 37.3 Å². The second kappa shape index (κ2) is 13.2. The molecule has 5 nitrogen and oxygen atoms in total. The van der Waals surface area contributed by atoms with E-state index in [9.17, 15) is 0 Å². The molecule has 1 aliphatic heterocycles. The summed E-state index contributed by atoms with van der Waals surface area (Å²) in [5, 5.41) is 2.31. The fourth-order valence-corrected chi connectivity index (χ4v) is 9.10. The van der Waals surface area contributed by atoms with Gasteiger partial charge in [0.1, 0.15) is 11.5 Å². The smallest absolute Gasteiger partial charge is 0.507 e. The minimum absolute atomic E-state index is 0. The number of hydrogen-bond acceptors (Lipinski definition) is 4. The Hall–Kier alpha value is -4.21. The van der Waals surface area contributed by atoms with Gasteiger partial charge in [-0.2, -0.15) is 5.56 Å². The fourth-order valence-electron chi connectivity index (χ4n) is 9.10. The quantitative estimate of drug-likeness (QED) is 0.166. The first-order valence-electron chi connectivity index (χ1n) is 19.7. The third-order valence-corrected chi connectivity index (χ3v) is 12.0. The van der Waals surface area contributed by atoms with Crippen LogP contribution in [0.2, 0.25) is 0 Å². The van der Waals surface area contributed by atoms with Crippen LogP contribution in [0.15, 0.2) is 71.9 Å². The molecule has 0 spiro atoms. The molecule has 2 atom stereocenters. The first-order chi connectivity index (χ1) is 25.6. The molecule has 0 saturated heterocycles. The van der Waals surface area contributed by atoms with Crippen LogP contribution in [0.1, 0.15) is 119 Å². The SMILES string of the molecule is Cc1cc(Oc2[c-]c(C3=N[C@]4(C)Cc5cc(C)c(C)cc5[C@]4(C(C)(C)C)O3)cc(C(C)(C)C)c2)[c-]c(-n2c3ccc(C(C)(C)C)cc3c3cc(C)cnc32)c1.[Pt+2]. The number of pyridine rings is 1. The van der Waals surface area contributed by atoms with Gasteiger partial charge >= 0.3 is 21.1 Å². The molecule has 6 aromatic rings. The van der Waals surface area contributed by atoms with Crippen molar-refractivity contribution in [1.82, 2.24) is 9.55 Å². The van der Waals surface area contributed by atoms with E-state index in [2.05, 4.69) is 168 Å². The summed E-state index contributed by atoms with van der Waals surface area (Å²) in [5.74, 6) is 1.83. The third-order valence-electron chi connectivity index (χ3n) is 12.0. The van der Waals surface area contributed by atoms with Crippen molar-refractivity contribution >= 4 is 27.8 Å². The molecule has 0 fully saturated rings. The molecule has 0 amide bonds. The molecule has 1 aliphatic carbocycles. The minimum atomic E-state index is -0.628. The van der Waals surface area contributed by atoms with Crippen LogP contribution < -0.4 is 4.74 Å². The summed E-state index contributed by atoms with van der Waals surface area (Å²) < 4.78 is 16.3. The molecule has 0 radical (unpaired) electrons. The number of rotatable bonds is 4. The van der Waals surface area contributed by atoms with E-state index in [1.807, 2.05) is 12.3 Å². The van der Waals surface area contributed by atoms with E-state index < -0.39 is 11.1 Å². The number of ether oxygens (including phenoxy) is 2. The largest absolute Gasteiger partial charge is 2.00 e. The van der Waals surface area contributed by atoms with Gasteiger partial charge in [-0.15, -0.1) is 29.8 Å². The zero-order valence-corrected chi connectivity index (χ0v) is 37.8. The molecule has 3 heterocycles. The Bertz CT molecular complexity index is 2590. The van der Waals surface area contributed by atoms with Crippen molar-refractivity contribution in [3.05, 3.63) is 129 Å². The maximum absolute atomic E-state index is 7.27. The Morgan fingerprint density at radius 1 is 0.732 bits per heavy atom. The summed E-state index contributed by atoms with van der Waals surface area (Å²) in [5.41, 5.74) is 11.9. The molecule has 0 N–H and O–H groups in total. The second-order valence-corrected chi connectivity index (χ2v) is 19.6. The van der Waals surface area contributed by atoms with E-state index in [1.54, 1.807) is 0 Å². The van der Waals surface area contributed by atoms with Gasteiger partial charge in [0.25, 0.3) is 0 Å². The van der Waals surface area contributed by atoms with Crippen molar-refractivity contribution in [2.75, 3.05) is 0 Å². The van der Waals surface area contributed by atoms with Crippen molar-refractivity contribution in [3.8, 4) is 17.2 Å². The number of benzene rings is 4. The minimum Gasteiger partial charge on any atom is -0.507 e. The summed E-state index contributed by atoms with van der Waals surface area (Å²) in [6.07, 6.45) is 2.76. The number of aromatic nitrogens is 2. The Balaban J connectivity index is 0.00000480. The van der Waals surface area contributed by atoms with Gasteiger partial charge in [0.2, 0.25) is 0 Å². The average molecular weight is 925 g/mol. The maximum Gasteiger partial charge on any atom is 2.00 e. The van der Waals surface area contributed by atoms with Crippen molar-refractivity contribution < 1.29 is 30.5 Å². The zero-order valence-electron chi connectivity index (χ0n) is 35.5. The average Bonchev–Trinajstić information content (AvgIpc) is 3.65. The van der Waals surface area contributed by atoms with Gasteiger partial charge in [-0.3, -0.25) is 4.99 Å². The van der Waals surface area contributed by atoms with Crippen molar-refractivity contribution in [2.24, 2.45) is 10.4 Å². The summed E-state index contributed by atoms with van der Waals surface area (Å²) in [6.45, 7) is 31.1. The summed E-state index contributed by atoms with van der Waals surface area (Å²) in [4.78, 5) is 10.4. The van der Waals surface area contributed by atoms with Gasteiger partial charge in [0.15, 0.2) is 5.60 Å². The maximum atomic E-state index is 7.27. The van der Waals surface area contributed by atoms with Crippen LogP contribution in [0.4, 0.5) is 0 Å². The predicted octanol–water partition coefficient (Wildman–Crippen LogP) is 12.4. The fraction of sp³-hybridized carbons (Fsp3) is 0.400. The molecule has 2 aliphatic rings. The van der Waals surface area contributed by atoms with Crippen LogP contribution in [-0.2, 0) is 48.7 Å². The van der Waals surface area contributed by atoms with Crippen LogP contribution in [0.5, 0.6) is 11.5 Å². The molecular formula is C50H55N3O2Pt. The van der Waals surface area contributed by atoms with Gasteiger partial charge in [-0.1, -0.05) is 111 Å². The number of aryl methyl sites for hydroxylation is 4. The zero-order chi connectivity index (χ0) is 39.6. The number of nitrogens with zero attached hydrogens (tertiary/aromatic N) is 3. The summed E-state index contributed by atoms with van der Waals surface area (Å²) in [6, 6.07) is 29.4. The van der Waals surface area contributed by atoms with Crippen LogP contribution in [0.25, 0.3) is 27.6 Å². The number of hydrogen-bond donors (Lipinski definition) is 0. The van der Waals surface area contributed by atoms with Crippen LogP contribution in [0.3, 0.4) is 0 Å². The summed E-state index contributed by atoms with van der Waals surface area (Å²) >= 11 is 0. The van der Waals surface area contributed by atoms with Gasteiger partial charge < -0.3 is 14.0 Å². The first kappa shape index (κ1) is 40.0. The Kier molecular flexibility index (Phi) is 9.40. The predicted molar refractivity (Wildman–Crippen MR) is 226 cm³/mol.